The lowest BCUT2D eigenvalue weighted by molar-refractivity contribution is 0.375. The number of piperidine rings is 1. The van der Waals surface area contributed by atoms with Crippen LogP contribution in [-0.2, 0) is 19.4 Å². The number of aromatic nitrogens is 3. The summed E-state index contributed by atoms with van der Waals surface area (Å²) in [6.45, 7) is 4.05. The number of hydrogen-bond acceptors (Lipinski definition) is 3. The number of rotatable bonds is 5. The second-order valence-corrected chi connectivity index (χ2v) is 8.27. The topological polar surface area (TPSA) is 58.3 Å². The van der Waals surface area contributed by atoms with E-state index in [-0.39, 0.29) is 24.0 Å². The summed E-state index contributed by atoms with van der Waals surface area (Å²) >= 11 is 0. The number of benzene rings is 1. The van der Waals surface area contributed by atoms with Crippen molar-refractivity contribution in [3.8, 4) is 0 Å². The highest BCUT2D eigenvalue weighted by Crippen LogP contribution is 2.19. The third-order valence-corrected chi connectivity index (χ3v) is 6.13. The van der Waals surface area contributed by atoms with E-state index in [0.29, 0.717) is 0 Å². The molecule has 0 spiro atoms. The van der Waals surface area contributed by atoms with E-state index in [2.05, 4.69) is 66.4 Å². The van der Waals surface area contributed by atoms with Crippen LogP contribution in [0.5, 0.6) is 0 Å². The van der Waals surface area contributed by atoms with Crippen molar-refractivity contribution in [2.75, 3.05) is 26.7 Å². The van der Waals surface area contributed by atoms with E-state index >= 15 is 0 Å². The molecule has 1 aromatic heterocycles. The smallest absolute Gasteiger partial charge is 0.193 e. The predicted molar refractivity (Wildman–Crippen MR) is 138 cm³/mol. The summed E-state index contributed by atoms with van der Waals surface area (Å²) in [5.41, 5.74) is 2.83. The highest BCUT2D eigenvalue weighted by molar-refractivity contribution is 14.0. The Morgan fingerprint density at radius 2 is 1.84 bits per heavy atom. The number of likely N-dealkylation sites (tertiary alicyclic amines) is 1. The van der Waals surface area contributed by atoms with Gasteiger partial charge in [0, 0.05) is 46.1 Å². The van der Waals surface area contributed by atoms with Gasteiger partial charge < -0.3 is 14.8 Å². The van der Waals surface area contributed by atoms with E-state index in [1.165, 1.54) is 36.2 Å². The van der Waals surface area contributed by atoms with Crippen LogP contribution in [0.3, 0.4) is 0 Å². The minimum atomic E-state index is 0. The Hall–Kier alpha value is -1.90. The van der Waals surface area contributed by atoms with Gasteiger partial charge in [0.25, 0.3) is 0 Å². The van der Waals surface area contributed by atoms with Crippen LogP contribution in [0.15, 0.2) is 40.9 Å². The summed E-state index contributed by atoms with van der Waals surface area (Å²) in [4.78, 5) is 6.90. The zero-order chi connectivity index (χ0) is 20.6. The fourth-order valence-corrected chi connectivity index (χ4v) is 4.44. The summed E-state index contributed by atoms with van der Waals surface area (Å²) in [5, 5.41) is 12.4. The van der Waals surface area contributed by atoms with Crippen LogP contribution in [0.4, 0.5) is 0 Å². The van der Waals surface area contributed by atoms with E-state index in [9.17, 15) is 0 Å². The lowest BCUT2D eigenvalue weighted by atomic mass is 10.0. The third-order valence-electron chi connectivity index (χ3n) is 6.13. The van der Waals surface area contributed by atoms with E-state index in [1.54, 1.807) is 0 Å². The molecular weight excluding hydrogens is 499 g/mol. The number of nitrogens with zero attached hydrogens (tertiary/aromatic N) is 5. The van der Waals surface area contributed by atoms with Crippen LogP contribution < -0.4 is 5.32 Å². The Balaban J connectivity index is 0.00000272. The van der Waals surface area contributed by atoms with Crippen molar-refractivity contribution in [2.45, 2.75) is 57.9 Å². The minimum absolute atomic E-state index is 0. The van der Waals surface area contributed by atoms with Gasteiger partial charge in [-0.25, -0.2) is 0 Å². The third kappa shape index (κ3) is 6.54. The van der Waals surface area contributed by atoms with Crippen molar-refractivity contribution in [1.82, 2.24) is 25.0 Å². The van der Waals surface area contributed by atoms with Gasteiger partial charge in [-0.05, 0) is 37.7 Å². The first-order valence-corrected chi connectivity index (χ1v) is 11.4. The average molecular weight is 534 g/mol. The van der Waals surface area contributed by atoms with Gasteiger partial charge in [0.1, 0.15) is 11.6 Å². The molecule has 4 rings (SSSR count). The fourth-order valence-electron chi connectivity index (χ4n) is 4.44. The zero-order valence-corrected chi connectivity index (χ0v) is 20.9. The Morgan fingerprint density at radius 1 is 1.03 bits per heavy atom. The number of hydrogen-bond donors (Lipinski definition) is 1. The first-order chi connectivity index (χ1) is 14.8. The maximum absolute atomic E-state index is 4.52. The van der Waals surface area contributed by atoms with Gasteiger partial charge in [0.15, 0.2) is 5.96 Å². The largest absolute Gasteiger partial charge is 0.356 e. The van der Waals surface area contributed by atoms with Crippen molar-refractivity contribution in [1.29, 1.82) is 0 Å². The first-order valence-electron chi connectivity index (χ1n) is 11.4. The van der Waals surface area contributed by atoms with Crippen LogP contribution >= 0.6 is 24.0 Å². The van der Waals surface area contributed by atoms with Gasteiger partial charge in [-0.1, -0.05) is 48.4 Å². The number of nitrogens with one attached hydrogen (secondary N) is 1. The van der Waals surface area contributed by atoms with Gasteiger partial charge in [-0.15, -0.1) is 34.2 Å². The highest BCUT2D eigenvalue weighted by atomic mass is 127. The molecule has 0 atom stereocenters. The van der Waals surface area contributed by atoms with E-state index in [1.807, 2.05) is 7.05 Å². The van der Waals surface area contributed by atoms with Gasteiger partial charge in [-0.3, -0.25) is 4.99 Å². The van der Waals surface area contributed by atoms with E-state index in [0.717, 1.165) is 70.1 Å². The van der Waals surface area contributed by atoms with Crippen LogP contribution in [0.25, 0.3) is 6.08 Å². The SMILES string of the molecule is CN=C(NCCCc1nnc2n1CCCCC2)N1CCC(=Cc2ccccc2)CC1.I. The molecule has 3 heterocycles. The average Bonchev–Trinajstić information content (AvgIpc) is 3.01. The fraction of sp³-hybridized carbons (Fsp3) is 0.542. The van der Waals surface area contributed by atoms with Crippen LogP contribution in [0.1, 0.15) is 55.7 Å². The van der Waals surface area contributed by atoms with Crippen LogP contribution in [0, 0.1) is 0 Å². The summed E-state index contributed by atoms with van der Waals surface area (Å²) < 4.78 is 2.35. The summed E-state index contributed by atoms with van der Waals surface area (Å²) in [7, 11) is 1.88. The van der Waals surface area contributed by atoms with Gasteiger partial charge in [-0.2, -0.15) is 0 Å². The molecule has 0 unspecified atom stereocenters. The lowest BCUT2D eigenvalue weighted by Crippen LogP contribution is -2.44. The van der Waals surface area contributed by atoms with Crippen LogP contribution in [0.2, 0.25) is 0 Å². The van der Waals surface area contributed by atoms with Crippen molar-refractivity contribution in [3.05, 3.63) is 53.1 Å². The van der Waals surface area contributed by atoms with E-state index < -0.39 is 0 Å². The molecule has 0 bridgehead atoms. The Kier molecular flexibility index (Phi) is 9.36. The Morgan fingerprint density at radius 3 is 2.61 bits per heavy atom. The van der Waals surface area contributed by atoms with Crippen molar-refractivity contribution >= 4 is 36.0 Å². The molecule has 1 fully saturated rings. The molecule has 0 amide bonds. The normalized spacial score (nSPS) is 16.9. The molecule has 1 aromatic carbocycles. The van der Waals surface area contributed by atoms with E-state index in [4.69, 9.17) is 0 Å². The molecule has 0 saturated carbocycles. The molecule has 1 N–H and O–H groups in total. The Labute approximate surface area is 203 Å². The quantitative estimate of drug-likeness (QED) is 0.269. The monoisotopic (exact) mass is 534 g/mol. The predicted octanol–water partition coefficient (Wildman–Crippen LogP) is 4.31. The Bertz CT molecular complexity index is 863. The zero-order valence-electron chi connectivity index (χ0n) is 18.6. The molecule has 0 aliphatic carbocycles. The minimum Gasteiger partial charge on any atom is -0.356 e. The molecule has 2 aromatic rings. The maximum Gasteiger partial charge on any atom is 0.193 e. The van der Waals surface area contributed by atoms with Gasteiger partial charge in [0.05, 0.1) is 0 Å². The molecule has 2 aliphatic rings. The molecule has 168 valence electrons. The number of aryl methyl sites for hydroxylation is 2. The standard InChI is InChI=1S/C24H34N6.HI/c1-25-24(29-17-13-21(14-18-29)19-20-9-4-2-5-10-20)26-15-8-12-23-28-27-22-11-6-3-7-16-30(22)23;/h2,4-5,9-10,19H,3,6-8,11-18H2,1H3,(H,25,26);1H. The number of halogens is 1. The van der Waals surface area contributed by atoms with Crippen molar-refractivity contribution in [3.63, 3.8) is 0 Å². The highest BCUT2D eigenvalue weighted by Gasteiger charge is 2.18. The van der Waals surface area contributed by atoms with Gasteiger partial charge >= 0.3 is 0 Å². The molecule has 2 aliphatic heterocycles. The second-order valence-electron chi connectivity index (χ2n) is 8.27. The summed E-state index contributed by atoms with van der Waals surface area (Å²) in [6.07, 6.45) is 11.4. The number of aliphatic imine (C=N–C) groups is 1. The molecule has 31 heavy (non-hydrogen) atoms. The molecule has 7 heteroatoms. The maximum atomic E-state index is 4.52. The molecular formula is C24H35IN6. The lowest BCUT2D eigenvalue weighted by Gasteiger charge is -2.31. The van der Waals surface area contributed by atoms with Crippen molar-refractivity contribution < 1.29 is 0 Å². The number of guanidine groups is 1. The summed E-state index contributed by atoms with van der Waals surface area (Å²) in [5.74, 6) is 3.35. The number of fused-ring (bicyclic) bond motifs is 1. The second kappa shape index (κ2) is 12.2. The van der Waals surface area contributed by atoms with Crippen molar-refractivity contribution in [2.24, 2.45) is 4.99 Å². The molecule has 0 radical (unpaired) electrons. The van der Waals surface area contributed by atoms with Crippen LogP contribution in [-0.4, -0.2) is 52.3 Å². The van der Waals surface area contributed by atoms with Gasteiger partial charge in [0.2, 0.25) is 0 Å². The molecule has 6 nitrogen and oxygen atoms in total. The first kappa shape index (κ1) is 23.8. The summed E-state index contributed by atoms with van der Waals surface area (Å²) in [6, 6.07) is 10.6. The molecule has 1 saturated heterocycles.